The summed E-state index contributed by atoms with van der Waals surface area (Å²) in [6.07, 6.45) is 2.32. The van der Waals surface area contributed by atoms with Gasteiger partial charge in [0.1, 0.15) is 11.6 Å². The van der Waals surface area contributed by atoms with Crippen molar-refractivity contribution in [1.29, 1.82) is 0 Å². The Hall–Kier alpha value is -2.40. The Bertz CT molecular complexity index is 892. The molecule has 4 nitrogen and oxygen atoms in total. The number of benzene rings is 2. The standard InChI is InChI=1S/C19H18ClFN4/c20-15-4-3-5-16-17(15)18(22-12-13-6-8-14(21)9-7-13)24-19(23-16)25-10-1-2-11-25/h3-9H,1-2,10-12H2,(H,22,23,24). The molecule has 1 N–H and O–H groups in total. The quantitative estimate of drug-likeness (QED) is 0.739. The molecule has 0 radical (unpaired) electrons. The highest BCUT2D eigenvalue weighted by Gasteiger charge is 2.18. The van der Waals surface area contributed by atoms with Crippen molar-refractivity contribution in [3.63, 3.8) is 0 Å². The van der Waals surface area contributed by atoms with E-state index in [0.717, 1.165) is 48.3 Å². The number of fused-ring (bicyclic) bond motifs is 1. The third kappa shape index (κ3) is 3.37. The van der Waals surface area contributed by atoms with Crippen LogP contribution in [-0.4, -0.2) is 23.1 Å². The summed E-state index contributed by atoms with van der Waals surface area (Å²) in [5.41, 5.74) is 1.80. The number of hydrogen-bond donors (Lipinski definition) is 1. The second-order valence-corrected chi connectivity index (χ2v) is 6.59. The Balaban J connectivity index is 1.70. The number of nitrogens with zero attached hydrogens (tertiary/aromatic N) is 3. The molecule has 0 spiro atoms. The van der Waals surface area contributed by atoms with Gasteiger partial charge in [0.15, 0.2) is 0 Å². The molecule has 0 saturated carbocycles. The van der Waals surface area contributed by atoms with Crippen LogP contribution in [0.3, 0.4) is 0 Å². The normalized spacial score (nSPS) is 14.2. The molecule has 0 unspecified atom stereocenters. The van der Waals surface area contributed by atoms with Gasteiger partial charge in [-0.3, -0.25) is 0 Å². The van der Waals surface area contributed by atoms with E-state index in [1.807, 2.05) is 18.2 Å². The van der Waals surface area contributed by atoms with Crippen LogP contribution in [0, 0.1) is 5.82 Å². The summed E-state index contributed by atoms with van der Waals surface area (Å²) in [6.45, 7) is 2.49. The number of anilines is 2. The molecule has 0 bridgehead atoms. The van der Waals surface area contributed by atoms with Gasteiger partial charge in [-0.15, -0.1) is 0 Å². The average Bonchev–Trinajstić information content (AvgIpc) is 3.15. The van der Waals surface area contributed by atoms with E-state index >= 15 is 0 Å². The monoisotopic (exact) mass is 356 g/mol. The molecule has 3 aromatic rings. The highest BCUT2D eigenvalue weighted by molar-refractivity contribution is 6.36. The van der Waals surface area contributed by atoms with Gasteiger partial charge in [-0.2, -0.15) is 4.98 Å². The van der Waals surface area contributed by atoms with Gasteiger partial charge in [0.05, 0.1) is 15.9 Å². The van der Waals surface area contributed by atoms with E-state index in [0.29, 0.717) is 17.4 Å². The van der Waals surface area contributed by atoms with Crippen molar-refractivity contribution in [3.05, 3.63) is 58.9 Å². The lowest BCUT2D eigenvalue weighted by atomic mass is 10.2. The smallest absolute Gasteiger partial charge is 0.227 e. The summed E-state index contributed by atoms with van der Waals surface area (Å²) in [7, 11) is 0. The summed E-state index contributed by atoms with van der Waals surface area (Å²) in [4.78, 5) is 11.6. The molecule has 2 aromatic carbocycles. The second kappa shape index (κ2) is 6.84. The van der Waals surface area contributed by atoms with Crippen molar-refractivity contribution >= 4 is 34.3 Å². The van der Waals surface area contributed by atoms with Crippen LogP contribution in [-0.2, 0) is 6.54 Å². The Kier molecular flexibility index (Phi) is 4.40. The maximum Gasteiger partial charge on any atom is 0.227 e. The molecule has 6 heteroatoms. The Morgan fingerprint density at radius 2 is 1.80 bits per heavy atom. The van der Waals surface area contributed by atoms with E-state index in [2.05, 4.69) is 15.2 Å². The maximum absolute atomic E-state index is 13.1. The molecule has 128 valence electrons. The third-order valence-electron chi connectivity index (χ3n) is 4.42. The van der Waals surface area contributed by atoms with Gasteiger partial charge >= 0.3 is 0 Å². The van der Waals surface area contributed by atoms with Gasteiger partial charge < -0.3 is 10.2 Å². The third-order valence-corrected chi connectivity index (χ3v) is 4.74. The second-order valence-electron chi connectivity index (χ2n) is 6.18. The minimum Gasteiger partial charge on any atom is -0.365 e. The van der Waals surface area contributed by atoms with Crippen molar-refractivity contribution in [1.82, 2.24) is 9.97 Å². The fourth-order valence-corrected chi connectivity index (χ4v) is 3.36. The molecule has 1 aromatic heterocycles. The highest BCUT2D eigenvalue weighted by Crippen LogP contribution is 2.31. The van der Waals surface area contributed by atoms with Gasteiger partial charge in [-0.1, -0.05) is 29.8 Å². The summed E-state index contributed by atoms with van der Waals surface area (Å²) >= 11 is 6.39. The number of rotatable bonds is 4. The van der Waals surface area contributed by atoms with Crippen LogP contribution in [0.25, 0.3) is 10.9 Å². The number of hydrogen-bond acceptors (Lipinski definition) is 4. The van der Waals surface area contributed by atoms with E-state index in [-0.39, 0.29) is 5.82 Å². The van der Waals surface area contributed by atoms with Crippen molar-refractivity contribution in [2.75, 3.05) is 23.3 Å². The Labute approximate surface area is 150 Å². The Morgan fingerprint density at radius 1 is 1.04 bits per heavy atom. The lowest BCUT2D eigenvalue weighted by molar-refractivity contribution is 0.627. The van der Waals surface area contributed by atoms with E-state index in [1.54, 1.807) is 12.1 Å². The summed E-state index contributed by atoms with van der Waals surface area (Å²) in [5.74, 6) is 1.20. The zero-order valence-corrected chi connectivity index (χ0v) is 14.4. The Morgan fingerprint density at radius 3 is 2.56 bits per heavy atom. The molecule has 4 rings (SSSR count). The van der Waals surface area contributed by atoms with Crippen molar-refractivity contribution in [3.8, 4) is 0 Å². The zero-order chi connectivity index (χ0) is 17.2. The average molecular weight is 357 g/mol. The van der Waals surface area contributed by atoms with Crippen molar-refractivity contribution in [2.45, 2.75) is 19.4 Å². The van der Waals surface area contributed by atoms with Crippen LogP contribution in [0.2, 0.25) is 5.02 Å². The molecule has 25 heavy (non-hydrogen) atoms. The maximum atomic E-state index is 13.1. The predicted molar refractivity (Wildman–Crippen MR) is 99.7 cm³/mol. The SMILES string of the molecule is Fc1ccc(CNc2nc(N3CCCC3)nc3cccc(Cl)c23)cc1. The van der Waals surface area contributed by atoms with Gasteiger partial charge in [0.25, 0.3) is 0 Å². The lowest BCUT2D eigenvalue weighted by Crippen LogP contribution is -2.21. The summed E-state index contributed by atoms with van der Waals surface area (Å²) in [6, 6.07) is 12.1. The fourth-order valence-electron chi connectivity index (χ4n) is 3.10. The van der Waals surface area contributed by atoms with Crippen molar-refractivity contribution in [2.24, 2.45) is 0 Å². The van der Waals surface area contributed by atoms with E-state index < -0.39 is 0 Å². The van der Waals surface area contributed by atoms with E-state index in [9.17, 15) is 4.39 Å². The lowest BCUT2D eigenvalue weighted by Gasteiger charge is -2.18. The fraction of sp³-hybridized carbons (Fsp3) is 0.263. The first-order chi connectivity index (χ1) is 12.2. The molecule has 2 heterocycles. The van der Waals surface area contributed by atoms with Crippen LogP contribution in [0.4, 0.5) is 16.2 Å². The van der Waals surface area contributed by atoms with Gasteiger partial charge in [0.2, 0.25) is 5.95 Å². The number of aromatic nitrogens is 2. The first-order valence-electron chi connectivity index (χ1n) is 8.40. The largest absolute Gasteiger partial charge is 0.365 e. The minimum atomic E-state index is -0.240. The molecular weight excluding hydrogens is 339 g/mol. The summed E-state index contributed by atoms with van der Waals surface area (Å²) < 4.78 is 13.1. The van der Waals surface area contributed by atoms with Crippen LogP contribution >= 0.6 is 11.6 Å². The minimum absolute atomic E-state index is 0.240. The van der Waals surface area contributed by atoms with E-state index in [4.69, 9.17) is 16.6 Å². The number of nitrogens with one attached hydrogen (secondary N) is 1. The van der Waals surface area contributed by atoms with Gasteiger partial charge in [-0.05, 0) is 42.7 Å². The first kappa shape index (κ1) is 16.1. The van der Waals surface area contributed by atoms with Crippen LogP contribution in [0.15, 0.2) is 42.5 Å². The van der Waals surface area contributed by atoms with Crippen LogP contribution in [0.5, 0.6) is 0 Å². The molecule has 0 atom stereocenters. The molecular formula is C19H18ClFN4. The molecule has 1 aliphatic rings. The topological polar surface area (TPSA) is 41.1 Å². The molecule has 1 saturated heterocycles. The first-order valence-corrected chi connectivity index (χ1v) is 8.78. The van der Waals surface area contributed by atoms with Crippen molar-refractivity contribution < 1.29 is 4.39 Å². The summed E-state index contributed by atoms with van der Waals surface area (Å²) in [5, 5.41) is 4.78. The van der Waals surface area contributed by atoms with E-state index in [1.165, 1.54) is 12.1 Å². The van der Waals surface area contributed by atoms with Crippen LogP contribution < -0.4 is 10.2 Å². The molecule has 1 aliphatic heterocycles. The molecule has 1 fully saturated rings. The predicted octanol–water partition coefficient (Wildman–Crippen LogP) is 4.63. The number of halogens is 2. The van der Waals surface area contributed by atoms with Gasteiger partial charge in [0, 0.05) is 19.6 Å². The van der Waals surface area contributed by atoms with Crippen LogP contribution in [0.1, 0.15) is 18.4 Å². The highest BCUT2D eigenvalue weighted by atomic mass is 35.5. The zero-order valence-electron chi connectivity index (χ0n) is 13.7. The molecule has 0 aliphatic carbocycles. The van der Waals surface area contributed by atoms with Gasteiger partial charge in [-0.25, -0.2) is 9.37 Å². The molecule has 0 amide bonds.